The fraction of sp³-hybridized carbons (Fsp3) is 0.360. The van der Waals surface area contributed by atoms with Crippen LogP contribution >= 0.6 is 11.8 Å². The molecule has 4 rings (SSSR count). The minimum Gasteiger partial charge on any atom is -0.460 e. The van der Waals surface area contributed by atoms with Crippen LogP contribution in [0, 0.1) is 12.8 Å². The Bertz CT molecular complexity index is 1070. The molecule has 0 bridgehead atoms. The van der Waals surface area contributed by atoms with Crippen LogP contribution in [0.3, 0.4) is 0 Å². The molecule has 0 amide bonds. The highest BCUT2D eigenvalue weighted by molar-refractivity contribution is 8.03. The van der Waals surface area contributed by atoms with Gasteiger partial charge in [-0.1, -0.05) is 12.1 Å². The molecule has 0 aromatic carbocycles. The first kappa shape index (κ1) is 22.6. The SMILES string of the molecule is Cc1ccc(SC2=C(c3ccc(C(C)(C)O)nc3)NC(C)(CC3C=CC(F)=CC3)O2)nc1. The molecule has 2 unspecified atom stereocenters. The lowest BCUT2D eigenvalue weighted by molar-refractivity contribution is 0.0201. The number of aliphatic hydroxyl groups is 1. The van der Waals surface area contributed by atoms with E-state index in [1.54, 1.807) is 26.1 Å². The van der Waals surface area contributed by atoms with E-state index in [0.29, 0.717) is 23.6 Å². The van der Waals surface area contributed by atoms with E-state index in [9.17, 15) is 9.50 Å². The van der Waals surface area contributed by atoms with Crippen molar-refractivity contribution in [2.75, 3.05) is 0 Å². The zero-order valence-corrected chi connectivity index (χ0v) is 19.5. The summed E-state index contributed by atoms with van der Waals surface area (Å²) in [4.78, 5) is 8.95. The third kappa shape index (κ3) is 5.22. The van der Waals surface area contributed by atoms with Gasteiger partial charge in [0, 0.05) is 24.4 Å². The number of nitrogens with zero attached hydrogens (tertiary/aromatic N) is 2. The number of aryl methyl sites for hydroxylation is 1. The monoisotopic (exact) mass is 453 g/mol. The maximum absolute atomic E-state index is 13.4. The van der Waals surface area contributed by atoms with Gasteiger partial charge >= 0.3 is 0 Å². The lowest BCUT2D eigenvalue weighted by Crippen LogP contribution is -2.40. The highest BCUT2D eigenvalue weighted by Gasteiger charge is 2.39. The van der Waals surface area contributed by atoms with Gasteiger partial charge in [0.05, 0.1) is 11.4 Å². The van der Waals surface area contributed by atoms with Crippen molar-refractivity contribution in [3.8, 4) is 0 Å². The van der Waals surface area contributed by atoms with Gasteiger partial charge in [-0.25, -0.2) is 9.37 Å². The summed E-state index contributed by atoms with van der Waals surface area (Å²) >= 11 is 1.45. The van der Waals surface area contributed by atoms with E-state index in [0.717, 1.165) is 21.8 Å². The van der Waals surface area contributed by atoms with E-state index < -0.39 is 11.3 Å². The molecule has 1 aliphatic heterocycles. The third-order valence-electron chi connectivity index (χ3n) is 5.47. The summed E-state index contributed by atoms with van der Waals surface area (Å²) in [6, 6.07) is 7.74. The third-order valence-corrected chi connectivity index (χ3v) is 6.39. The molecule has 5 nitrogen and oxygen atoms in total. The molecule has 0 saturated carbocycles. The van der Waals surface area contributed by atoms with E-state index in [1.165, 1.54) is 17.8 Å². The molecular weight excluding hydrogens is 425 g/mol. The van der Waals surface area contributed by atoms with Crippen LogP contribution in [0.5, 0.6) is 0 Å². The maximum atomic E-state index is 13.4. The van der Waals surface area contributed by atoms with Crippen molar-refractivity contribution < 1.29 is 14.2 Å². The molecule has 2 aliphatic rings. The van der Waals surface area contributed by atoms with E-state index in [4.69, 9.17) is 4.74 Å². The Labute approximate surface area is 192 Å². The minimum atomic E-state index is -1.01. The highest BCUT2D eigenvalue weighted by Crippen LogP contribution is 2.42. The second-order valence-electron chi connectivity index (χ2n) is 9.04. The van der Waals surface area contributed by atoms with Crippen molar-refractivity contribution >= 4 is 17.5 Å². The van der Waals surface area contributed by atoms with Gasteiger partial charge in [-0.15, -0.1) is 0 Å². The number of ether oxygens (including phenoxy) is 1. The quantitative estimate of drug-likeness (QED) is 0.595. The topological polar surface area (TPSA) is 67.3 Å². The fourth-order valence-electron chi connectivity index (χ4n) is 3.75. The molecule has 0 spiro atoms. The summed E-state index contributed by atoms with van der Waals surface area (Å²) in [5, 5.41) is 15.3. The number of pyridine rings is 2. The number of aromatic nitrogens is 2. The Morgan fingerprint density at radius 1 is 1.25 bits per heavy atom. The molecule has 168 valence electrons. The molecule has 0 fully saturated rings. The van der Waals surface area contributed by atoms with Crippen LogP contribution in [-0.4, -0.2) is 20.8 Å². The minimum absolute atomic E-state index is 0.172. The second-order valence-corrected chi connectivity index (χ2v) is 10.0. The van der Waals surface area contributed by atoms with Gasteiger partial charge < -0.3 is 15.2 Å². The zero-order valence-electron chi connectivity index (χ0n) is 18.7. The number of allylic oxidation sites excluding steroid dienone is 4. The van der Waals surface area contributed by atoms with Crippen LogP contribution in [0.1, 0.15) is 50.4 Å². The molecule has 1 aliphatic carbocycles. The Hall–Kier alpha value is -2.64. The number of halogens is 1. The van der Waals surface area contributed by atoms with Gasteiger partial charge in [0.25, 0.3) is 0 Å². The lowest BCUT2D eigenvalue weighted by atomic mass is 9.91. The summed E-state index contributed by atoms with van der Waals surface area (Å²) in [5.41, 5.74) is 1.71. The molecule has 2 aromatic rings. The van der Waals surface area contributed by atoms with Gasteiger partial charge in [0.15, 0.2) is 10.8 Å². The zero-order chi connectivity index (χ0) is 22.9. The number of nitrogens with one attached hydrogen (secondary N) is 1. The Kier molecular flexibility index (Phi) is 6.14. The smallest absolute Gasteiger partial charge is 0.186 e. The van der Waals surface area contributed by atoms with Gasteiger partial charge in [-0.05, 0) is 87.7 Å². The summed E-state index contributed by atoms with van der Waals surface area (Å²) in [6.45, 7) is 7.43. The summed E-state index contributed by atoms with van der Waals surface area (Å²) in [6.07, 6.45) is 9.93. The van der Waals surface area contributed by atoms with E-state index in [-0.39, 0.29) is 11.7 Å². The van der Waals surface area contributed by atoms with Crippen LogP contribution in [0.15, 0.2) is 70.8 Å². The summed E-state index contributed by atoms with van der Waals surface area (Å²) in [7, 11) is 0. The van der Waals surface area contributed by atoms with Gasteiger partial charge in [-0.2, -0.15) is 0 Å². The van der Waals surface area contributed by atoms with E-state index >= 15 is 0 Å². The van der Waals surface area contributed by atoms with Crippen LogP contribution < -0.4 is 5.32 Å². The molecule has 7 heteroatoms. The Balaban J connectivity index is 1.61. The van der Waals surface area contributed by atoms with Crippen molar-refractivity contribution in [1.82, 2.24) is 15.3 Å². The molecule has 0 saturated heterocycles. The number of rotatable bonds is 6. The first-order valence-electron chi connectivity index (χ1n) is 10.7. The van der Waals surface area contributed by atoms with Gasteiger partial charge in [-0.3, -0.25) is 4.98 Å². The average molecular weight is 454 g/mol. The normalized spacial score (nSPS) is 23.1. The van der Waals surface area contributed by atoms with Crippen LogP contribution in [0.2, 0.25) is 0 Å². The van der Waals surface area contributed by atoms with Gasteiger partial charge in [0.1, 0.15) is 16.5 Å². The van der Waals surface area contributed by atoms with Crippen molar-refractivity contribution in [2.45, 2.75) is 56.9 Å². The second kappa shape index (κ2) is 8.71. The molecule has 32 heavy (non-hydrogen) atoms. The van der Waals surface area contributed by atoms with E-state index in [2.05, 4.69) is 15.3 Å². The van der Waals surface area contributed by atoms with Crippen molar-refractivity contribution in [1.29, 1.82) is 0 Å². The largest absolute Gasteiger partial charge is 0.460 e. The fourth-order valence-corrected chi connectivity index (χ4v) is 4.68. The summed E-state index contributed by atoms with van der Waals surface area (Å²) < 4.78 is 19.8. The van der Waals surface area contributed by atoms with Crippen LogP contribution in [0.25, 0.3) is 5.70 Å². The van der Waals surface area contributed by atoms with Crippen molar-refractivity contribution in [2.24, 2.45) is 5.92 Å². The first-order chi connectivity index (χ1) is 15.1. The average Bonchev–Trinajstić information content (AvgIpc) is 3.07. The van der Waals surface area contributed by atoms with Crippen LogP contribution in [0.4, 0.5) is 4.39 Å². The maximum Gasteiger partial charge on any atom is 0.186 e. The van der Waals surface area contributed by atoms with Crippen LogP contribution in [-0.2, 0) is 10.3 Å². The molecule has 2 N–H and O–H groups in total. The highest BCUT2D eigenvalue weighted by atomic mass is 32.2. The summed E-state index contributed by atoms with van der Waals surface area (Å²) in [5.74, 6) is -0.0176. The predicted molar refractivity (Wildman–Crippen MR) is 125 cm³/mol. The van der Waals surface area contributed by atoms with Crippen molar-refractivity contribution in [3.05, 3.63) is 82.6 Å². The van der Waals surface area contributed by atoms with Gasteiger partial charge in [0.2, 0.25) is 0 Å². The number of hydrogen-bond donors (Lipinski definition) is 2. The molecule has 2 aromatic heterocycles. The molecule has 2 atom stereocenters. The first-order valence-corrected chi connectivity index (χ1v) is 11.5. The van der Waals surface area contributed by atoms with E-state index in [1.807, 2.05) is 50.4 Å². The number of hydrogen-bond acceptors (Lipinski definition) is 6. The standard InChI is InChI=1S/C25H28FN3O2S/c1-16-5-12-21(28-14-16)32-23-22(18-8-11-20(27-15-18)24(2,3)30)29-25(4,31-23)13-17-6-9-19(26)10-7-17/h5-6,8-12,14-15,17,29-30H,7,13H2,1-4H3. The Morgan fingerprint density at radius 2 is 2.06 bits per heavy atom. The van der Waals surface area contributed by atoms with Crippen molar-refractivity contribution in [3.63, 3.8) is 0 Å². The number of thioether (sulfide) groups is 1. The Morgan fingerprint density at radius 3 is 2.66 bits per heavy atom. The molecule has 3 heterocycles. The molecule has 0 radical (unpaired) electrons. The predicted octanol–water partition coefficient (Wildman–Crippen LogP) is 5.59. The molecular formula is C25H28FN3O2S. The lowest BCUT2D eigenvalue weighted by Gasteiger charge is -2.29.